The summed E-state index contributed by atoms with van der Waals surface area (Å²) in [5, 5.41) is 2.68. The van der Waals surface area contributed by atoms with Crippen LogP contribution < -0.4 is 14.8 Å². The van der Waals surface area contributed by atoms with E-state index < -0.39 is 16.1 Å². The van der Waals surface area contributed by atoms with Gasteiger partial charge >= 0.3 is 0 Å². The van der Waals surface area contributed by atoms with Crippen molar-refractivity contribution in [3.05, 3.63) is 46.9 Å². The molecule has 1 aliphatic heterocycles. The van der Waals surface area contributed by atoms with Gasteiger partial charge in [0.1, 0.15) is 10.6 Å². The Morgan fingerprint density at radius 1 is 1.22 bits per heavy atom. The fourth-order valence-electron chi connectivity index (χ4n) is 2.15. The summed E-state index contributed by atoms with van der Waals surface area (Å²) in [4.78, 5) is 11.8. The summed E-state index contributed by atoms with van der Waals surface area (Å²) < 4.78 is 33.3. The molecular weight excluding hydrogens is 384 g/mol. The minimum atomic E-state index is -3.75. The number of hydrogen-bond donors (Lipinski definition) is 2. The number of benzene rings is 2. The Kier molecular flexibility index (Phi) is 4.03. The highest BCUT2D eigenvalue weighted by Gasteiger charge is 2.24. The number of sulfonamides is 1. The van der Waals surface area contributed by atoms with Gasteiger partial charge in [-0.3, -0.25) is 9.52 Å². The van der Waals surface area contributed by atoms with Gasteiger partial charge < -0.3 is 10.1 Å². The highest BCUT2D eigenvalue weighted by Crippen LogP contribution is 2.33. The molecule has 2 aromatic rings. The minimum absolute atomic E-state index is 0.131. The van der Waals surface area contributed by atoms with E-state index in [9.17, 15) is 13.2 Å². The van der Waals surface area contributed by atoms with E-state index in [0.29, 0.717) is 21.6 Å². The molecule has 1 amide bonds. The van der Waals surface area contributed by atoms with Crippen LogP contribution in [0.2, 0.25) is 0 Å². The van der Waals surface area contributed by atoms with Crippen molar-refractivity contribution in [3.8, 4) is 5.75 Å². The smallest absolute Gasteiger partial charge is 0.265 e. The van der Waals surface area contributed by atoms with Crippen molar-refractivity contribution in [2.75, 3.05) is 10.0 Å². The quantitative estimate of drug-likeness (QED) is 0.834. The average molecular weight is 397 g/mol. The number of rotatable bonds is 3. The lowest BCUT2D eigenvalue weighted by Crippen LogP contribution is -2.34. The van der Waals surface area contributed by atoms with E-state index in [-0.39, 0.29) is 10.8 Å². The molecular formula is C15H13BrN2O4S. The van der Waals surface area contributed by atoms with Crippen LogP contribution in [0.1, 0.15) is 6.92 Å². The maximum atomic E-state index is 12.4. The number of nitrogens with one attached hydrogen (secondary N) is 2. The van der Waals surface area contributed by atoms with Gasteiger partial charge in [-0.25, -0.2) is 8.42 Å². The molecule has 1 aliphatic rings. The van der Waals surface area contributed by atoms with E-state index in [2.05, 4.69) is 26.0 Å². The third-order valence-electron chi connectivity index (χ3n) is 3.29. The van der Waals surface area contributed by atoms with Crippen LogP contribution in [-0.2, 0) is 14.8 Å². The van der Waals surface area contributed by atoms with E-state index >= 15 is 0 Å². The SMILES string of the molecule is CC1Oc2ccc(NS(=O)(=O)c3ccccc3Br)cc2NC1=O. The molecule has 0 saturated carbocycles. The van der Waals surface area contributed by atoms with Crippen molar-refractivity contribution in [2.24, 2.45) is 0 Å². The number of fused-ring (bicyclic) bond motifs is 1. The summed E-state index contributed by atoms with van der Waals surface area (Å²) >= 11 is 3.22. The molecule has 120 valence electrons. The number of amides is 1. The number of carbonyl (C=O) groups excluding carboxylic acids is 1. The lowest BCUT2D eigenvalue weighted by molar-refractivity contribution is -0.122. The minimum Gasteiger partial charge on any atom is -0.479 e. The molecule has 23 heavy (non-hydrogen) atoms. The zero-order valence-corrected chi connectivity index (χ0v) is 14.4. The molecule has 2 N–H and O–H groups in total. The van der Waals surface area contributed by atoms with Crippen molar-refractivity contribution < 1.29 is 17.9 Å². The zero-order chi connectivity index (χ0) is 16.6. The topological polar surface area (TPSA) is 84.5 Å². The summed E-state index contributed by atoms with van der Waals surface area (Å²) in [6.07, 6.45) is -0.578. The highest BCUT2D eigenvalue weighted by atomic mass is 79.9. The van der Waals surface area contributed by atoms with Crippen molar-refractivity contribution >= 4 is 43.2 Å². The van der Waals surface area contributed by atoms with E-state index in [1.165, 1.54) is 12.1 Å². The van der Waals surface area contributed by atoms with Crippen LogP contribution in [0.15, 0.2) is 51.8 Å². The van der Waals surface area contributed by atoms with Gasteiger partial charge in [0.25, 0.3) is 15.9 Å². The number of ether oxygens (including phenoxy) is 1. The van der Waals surface area contributed by atoms with Crippen LogP contribution in [0, 0.1) is 0 Å². The normalized spacial score (nSPS) is 17.0. The highest BCUT2D eigenvalue weighted by molar-refractivity contribution is 9.10. The summed E-state index contributed by atoms with van der Waals surface area (Å²) in [6.45, 7) is 1.64. The van der Waals surface area contributed by atoms with Crippen LogP contribution in [0.25, 0.3) is 0 Å². The first-order valence-corrected chi connectivity index (χ1v) is 9.03. The van der Waals surface area contributed by atoms with Crippen LogP contribution in [-0.4, -0.2) is 20.4 Å². The van der Waals surface area contributed by atoms with E-state index in [1.807, 2.05) is 0 Å². The zero-order valence-electron chi connectivity index (χ0n) is 12.0. The van der Waals surface area contributed by atoms with Gasteiger partial charge in [-0.2, -0.15) is 0 Å². The molecule has 0 aliphatic carbocycles. The molecule has 1 unspecified atom stereocenters. The molecule has 0 aromatic heterocycles. The Labute approximate surface area is 142 Å². The van der Waals surface area contributed by atoms with Gasteiger partial charge in [-0.05, 0) is 53.2 Å². The first-order valence-electron chi connectivity index (χ1n) is 6.76. The second kappa shape index (κ2) is 5.86. The lowest BCUT2D eigenvalue weighted by Gasteiger charge is -2.23. The number of anilines is 2. The monoisotopic (exact) mass is 396 g/mol. The van der Waals surface area contributed by atoms with Crippen molar-refractivity contribution in [3.63, 3.8) is 0 Å². The molecule has 6 nitrogen and oxygen atoms in total. The Balaban J connectivity index is 1.91. The van der Waals surface area contributed by atoms with Gasteiger partial charge in [0.2, 0.25) is 0 Å². The molecule has 0 bridgehead atoms. The van der Waals surface area contributed by atoms with Crippen molar-refractivity contribution in [1.29, 1.82) is 0 Å². The Hall–Kier alpha value is -2.06. The number of hydrogen-bond acceptors (Lipinski definition) is 4. The second-order valence-electron chi connectivity index (χ2n) is 5.00. The maximum absolute atomic E-state index is 12.4. The Morgan fingerprint density at radius 2 is 1.96 bits per heavy atom. The van der Waals surface area contributed by atoms with Crippen molar-refractivity contribution in [1.82, 2.24) is 0 Å². The maximum Gasteiger partial charge on any atom is 0.265 e. The predicted molar refractivity (Wildman–Crippen MR) is 90.1 cm³/mol. The van der Waals surface area contributed by atoms with Gasteiger partial charge in [-0.1, -0.05) is 12.1 Å². The molecule has 3 rings (SSSR count). The van der Waals surface area contributed by atoms with Crippen LogP contribution >= 0.6 is 15.9 Å². The summed E-state index contributed by atoms with van der Waals surface area (Å²) in [7, 11) is -3.75. The van der Waals surface area contributed by atoms with Crippen LogP contribution in [0.4, 0.5) is 11.4 Å². The first-order chi connectivity index (χ1) is 10.9. The number of carbonyl (C=O) groups is 1. The summed E-state index contributed by atoms with van der Waals surface area (Å²) in [6, 6.07) is 11.2. The Bertz CT molecular complexity index is 883. The Morgan fingerprint density at radius 3 is 2.70 bits per heavy atom. The van der Waals surface area contributed by atoms with E-state index in [1.54, 1.807) is 37.3 Å². The van der Waals surface area contributed by atoms with Crippen LogP contribution in [0.5, 0.6) is 5.75 Å². The molecule has 1 atom stereocenters. The molecule has 8 heteroatoms. The molecule has 0 saturated heterocycles. The third-order valence-corrected chi connectivity index (χ3v) is 5.68. The molecule has 2 aromatic carbocycles. The van der Waals surface area contributed by atoms with E-state index in [4.69, 9.17) is 4.74 Å². The van der Waals surface area contributed by atoms with Gasteiger partial charge in [0, 0.05) is 4.47 Å². The lowest BCUT2D eigenvalue weighted by atomic mass is 10.2. The number of halogens is 1. The molecule has 0 spiro atoms. The summed E-state index contributed by atoms with van der Waals surface area (Å²) in [5.74, 6) is 0.226. The first kappa shape index (κ1) is 15.8. The third kappa shape index (κ3) is 3.18. The van der Waals surface area contributed by atoms with Gasteiger partial charge in [0.15, 0.2) is 6.10 Å². The van der Waals surface area contributed by atoms with Crippen molar-refractivity contribution in [2.45, 2.75) is 17.9 Å². The van der Waals surface area contributed by atoms with Crippen LogP contribution in [0.3, 0.4) is 0 Å². The fourth-order valence-corrected chi connectivity index (χ4v) is 4.20. The second-order valence-corrected chi connectivity index (χ2v) is 7.50. The van der Waals surface area contributed by atoms with Gasteiger partial charge in [0.05, 0.1) is 11.4 Å². The standard InChI is InChI=1S/C15H13BrN2O4S/c1-9-15(19)17-12-8-10(6-7-13(12)22-9)18-23(20,21)14-5-3-2-4-11(14)16/h2-9,18H,1H3,(H,17,19). The molecule has 0 fully saturated rings. The largest absolute Gasteiger partial charge is 0.479 e. The van der Waals surface area contributed by atoms with E-state index in [0.717, 1.165) is 0 Å². The molecule has 1 heterocycles. The van der Waals surface area contributed by atoms with Gasteiger partial charge in [-0.15, -0.1) is 0 Å². The predicted octanol–water partition coefficient (Wildman–Crippen LogP) is 2.97. The summed E-state index contributed by atoms with van der Waals surface area (Å²) in [5.41, 5.74) is 0.762. The molecule has 0 radical (unpaired) electrons. The fraction of sp³-hybridized carbons (Fsp3) is 0.133. The average Bonchev–Trinajstić information content (AvgIpc) is 2.48.